The van der Waals surface area contributed by atoms with Gasteiger partial charge >= 0.3 is 0 Å². The lowest BCUT2D eigenvalue weighted by Crippen LogP contribution is -2.30. The van der Waals surface area contributed by atoms with Crippen LogP contribution in [0.5, 0.6) is 5.75 Å². The molecule has 1 atom stereocenters. The van der Waals surface area contributed by atoms with Crippen molar-refractivity contribution in [2.24, 2.45) is 5.92 Å². The van der Waals surface area contributed by atoms with Crippen molar-refractivity contribution in [2.75, 3.05) is 26.2 Å². The molecule has 0 heterocycles. The molecule has 1 aromatic carbocycles. The molecule has 0 radical (unpaired) electrons. The molecule has 0 saturated heterocycles. The standard InChI is InChI=1S/C20H33NO2/c1-3-5-13-21(14-6-4-2)15-16-23-19-11-9-18(10-12-19)20(22)17-7-8-17/h9-12,17,20,22H,3-8,13-16H2,1-2H3. The van der Waals surface area contributed by atoms with Crippen LogP contribution < -0.4 is 4.74 Å². The summed E-state index contributed by atoms with van der Waals surface area (Å²) in [4.78, 5) is 2.51. The first-order chi connectivity index (χ1) is 11.2. The Morgan fingerprint density at radius 3 is 2.17 bits per heavy atom. The van der Waals surface area contributed by atoms with Gasteiger partial charge in [-0.3, -0.25) is 4.90 Å². The Morgan fingerprint density at radius 1 is 1.04 bits per heavy atom. The summed E-state index contributed by atoms with van der Waals surface area (Å²) in [6.07, 6.45) is 7.04. The lowest BCUT2D eigenvalue weighted by Gasteiger charge is -2.22. The van der Waals surface area contributed by atoms with Crippen LogP contribution in [0.25, 0.3) is 0 Å². The molecule has 1 aromatic rings. The molecule has 0 spiro atoms. The highest BCUT2D eigenvalue weighted by molar-refractivity contribution is 5.29. The second-order valence-corrected chi connectivity index (χ2v) is 6.75. The second kappa shape index (κ2) is 9.94. The lowest BCUT2D eigenvalue weighted by molar-refractivity contribution is 0.153. The normalized spacial score (nSPS) is 15.8. The monoisotopic (exact) mass is 319 g/mol. The minimum Gasteiger partial charge on any atom is -0.492 e. The second-order valence-electron chi connectivity index (χ2n) is 6.75. The van der Waals surface area contributed by atoms with Crippen LogP contribution in [0.1, 0.15) is 64.0 Å². The Bertz CT molecular complexity index is 420. The van der Waals surface area contributed by atoms with Crippen LogP contribution in [0.3, 0.4) is 0 Å². The van der Waals surface area contributed by atoms with Crippen molar-refractivity contribution in [1.29, 1.82) is 0 Å². The number of rotatable bonds is 12. The predicted octanol–water partition coefficient (Wildman–Crippen LogP) is 4.41. The van der Waals surface area contributed by atoms with Crippen LogP contribution in [0.2, 0.25) is 0 Å². The van der Waals surface area contributed by atoms with Crippen LogP contribution in [0.15, 0.2) is 24.3 Å². The van der Waals surface area contributed by atoms with Gasteiger partial charge in [0.05, 0.1) is 6.10 Å². The number of benzene rings is 1. The van der Waals surface area contributed by atoms with Crippen LogP contribution >= 0.6 is 0 Å². The molecule has 1 saturated carbocycles. The fourth-order valence-corrected chi connectivity index (χ4v) is 2.84. The largest absolute Gasteiger partial charge is 0.492 e. The average molecular weight is 319 g/mol. The van der Waals surface area contributed by atoms with E-state index in [4.69, 9.17) is 4.74 Å². The van der Waals surface area contributed by atoms with Gasteiger partial charge in [-0.2, -0.15) is 0 Å². The van der Waals surface area contributed by atoms with Crippen molar-refractivity contribution < 1.29 is 9.84 Å². The summed E-state index contributed by atoms with van der Waals surface area (Å²) in [5.41, 5.74) is 1.02. The molecule has 1 fully saturated rings. The van der Waals surface area contributed by atoms with Gasteiger partial charge in [-0.25, -0.2) is 0 Å². The quantitative estimate of drug-likeness (QED) is 0.619. The molecule has 1 N–H and O–H groups in total. The van der Waals surface area contributed by atoms with Crippen LogP contribution in [-0.2, 0) is 0 Å². The molecule has 0 bridgehead atoms. The Morgan fingerprint density at radius 2 is 1.65 bits per heavy atom. The Balaban J connectivity index is 1.72. The van der Waals surface area contributed by atoms with E-state index in [-0.39, 0.29) is 6.10 Å². The average Bonchev–Trinajstić information content (AvgIpc) is 3.42. The van der Waals surface area contributed by atoms with Gasteiger partial charge in [-0.05, 0) is 62.4 Å². The summed E-state index contributed by atoms with van der Waals surface area (Å²) in [6.45, 7) is 8.56. The van der Waals surface area contributed by atoms with Gasteiger partial charge in [0.15, 0.2) is 0 Å². The summed E-state index contributed by atoms with van der Waals surface area (Å²) in [6, 6.07) is 7.99. The number of aliphatic hydroxyl groups excluding tert-OH is 1. The molecule has 3 heteroatoms. The summed E-state index contributed by atoms with van der Waals surface area (Å²) in [5, 5.41) is 10.1. The molecule has 0 aromatic heterocycles. The minimum absolute atomic E-state index is 0.289. The zero-order valence-electron chi connectivity index (χ0n) is 14.8. The molecule has 1 aliphatic carbocycles. The zero-order chi connectivity index (χ0) is 16.5. The molecule has 23 heavy (non-hydrogen) atoms. The number of hydrogen-bond donors (Lipinski definition) is 1. The van der Waals surface area contributed by atoms with Gasteiger partial charge < -0.3 is 9.84 Å². The van der Waals surface area contributed by atoms with E-state index < -0.39 is 0 Å². The van der Waals surface area contributed by atoms with Gasteiger partial charge in [0.25, 0.3) is 0 Å². The highest BCUT2D eigenvalue weighted by Crippen LogP contribution is 2.41. The lowest BCUT2D eigenvalue weighted by atomic mass is 10.1. The van der Waals surface area contributed by atoms with E-state index in [1.165, 1.54) is 38.8 Å². The van der Waals surface area contributed by atoms with Crippen molar-refractivity contribution in [1.82, 2.24) is 4.90 Å². The van der Waals surface area contributed by atoms with E-state index in [0.717, 1.165) is 37.3 Å². The molecular weight excluding hydrogens is 286 g/mol. The summed E-state index contributed by atoms with van der Waals surface area (Å²) < 4.78 is 5.88. The topological polar surface area (TPSA) is 32.7 Å². The van der Waals surface area contributed by atoms with Gasteiger partial charge in [0.2, 0.25) is 0 Å². The van der Waals surface area contributed by atoms with Crippen molar-refractivity contribution in [3.8, 4) is 5.75 Å². The van der Waals surface area contributed by atoms with Gasteiger partial charge in [0, 0.05) is 6.54 Å². The first-order valence-corrected chi connectivity index (χ1v) is 9.37. The maximum atomic E-state index is 10.1. The molecule has 2 rings (SSSR count). The predicted molar refractivity (Wildman–Crippen MR) is 95.9 cm³/mol. The Hall–Kier alpha value is -1.06. The van der Waals surface area contributed by atoms with E-state index in [9.17, 15) is 5.11 Å². The first kappa shape index (κ1) is 18.3. The van der Waals surface area contributed by atoms with Crippen molar-refractivity contribution in [3.05, 3.63) is 29.8 Å². The maximum Gasteiger partial charge on any atom is 0.119 e. The highest BCUT2D eigenvalue weighted by Gasteiger charge is 2.30. The fraction of sp³-hybridized carbons (Fsp3) is 0.700. The molecule has 0 amide bonds. The highest BCUT2D eigenvalue weighted by atomic mass is 16.5. The van der Waals surface area contributed by atoms with E-state index in [1.54, 1.807) is 0 Å². The minimum atomic E-state index is -0.289. The van der Waals surface area contributed by atoms with Crippen LogP contribution in [0, 0.1) is 5.92 Å². The summed E-state index contributed by atoms with van der Waals surface area (Å²) in [5.74, 6) is 1.38. The maximum absolute atomic E-state index is 10.1. The third-order valence-corrected chi connectivity index (χ3v) is 4.62. The van der Waals surface area contributed by atoms with E-state index in [0.29, 0.717) is 5.92 Å². The zero-order valence-corrected chi connectivity index (χ0v) is 14.8. The number of ether oxygens (including phenoxy) is 1. The van der Waals surface area contributed by atoms with E-state index in [1.807, 2.05) is 24.3 Å². The van der Waals surface area contributed by atoms with Crippen LogP contribution in [0.4, 0.5) is 0 Å². The third-order valence-electron chi connectivity index (χ3n) is 4.62. The third kappa shape index (κ3) is 6.52. The smallest absolute Gasteiger partial charge is 0.119 e. The summed E-state index contributed by atoms with van der Waals surface area (Å²) in [7, 11) is 0. The van der Waals surface area contributed by atoms with Gasteiger partial charge in [-0.1, -0.05) is 38.8 Å². The summed E-state index contributed by atoms with van der Waals surface area (Å²) >= 11 is 0. The van der Waals surface area contributed by atoms with Gasteiger partial charge in [0.1, 0.15) is 12.4 Å². The Labute approximate surface area is 141 Å². The number of unbranched alkanes of at least 4 members (excludes halogenated alkanes) is 2. The van der Waals surface area contributed by atoms with Crippen molar-refractivity contribution in [3.63, 3.8) is 0 Å². The molecule has 3 nitrogen and oxygen atoms in total. The Kier molecular flexibility index (Phi) is 7.90. The van der Waals surface area contributed by atoms with Crippen molar-refractivity contribution >= 4 is 0 Å². The molecule has 130 valence electrons. The number of nitrogens with zero attached hydrogens (tertiary/aromatic N) is 1. The fourth-order valence-electron chi connectivity index (χ4n) is 2.84. The SMILES string of the molecule is CCCCN(CCCC)CCOc1ccc(C(O)C2CC2)cc1. The van der Waals surface area contributed by atoms with E-state index >= 15 is 0 Å². The van der Waals surface area contributed by atoms with E-state index in [2.05, 4.69) is 18.7 Å². The molecular formula is C20H33NO2. The van der Waals surface area contributed by atoms with Crippen molar-refractivity contribution in [2.45, 2.75) is 58.5 Å². The first-order valence-electron chi connectivity index (χ1n) is 9.37. The molecule has 1 aliphatic rings. The number of aliphatic hydroxyl groups is 1. The molecule has 1 unspecified atom stereocenters. The van der Waals surface area contributed by atoms with Crippen LogP contribution in [-0.4, -0.2) is 36.2 Å². The van der Waals surface area contributed by atoms with Gasteiger partial charge in [-0.15, -0.1) is 0 Å². The molecule has 0 aliphatic heterocycles. The number of hydrogen-bond acceptors (Lipinski definition) is 3.